The fourth-order valence-corrected chi connectivity index (χ4v) is 1.67. The van der Waals surface area contributed by atoms with Gasteiger partial charge in [0.2, 0.25) is 0 Å². The fraction of sp³-hybridized carbons (Fsp3) is 0.846. The lowest BCUT2D eigenvalue weighted by molar-refractivity contribution is -0.146. The molecule has 0 saturated carbocycles. The van der Waals surface area contributed by atoms with E-state index in [0.717, 1.165) is 4.90 Å². The highest BCUT2D eigenvalue weighted by Crippen LogP contribution is 2.23. The van der Waals surface area contributed by atoms with Crippen LogP contribution in [0.4, 0.5) is 4.79 Å². The lowest BCUT2D eigenvalue weighted by Crippen LogP contribution is -2.56. The van der Waals surface area contributed by atoms with Crippen molar-refractivity contribution in [1.29, 1.82) is 0 Å². The van der Waals surface area contributed by atoms with E-state index in [2.05, 4.69) is 0 Å². The first-order valence-corrected chi connectivity index (χ1v) is 6.26. The van der Waals surface area contributed by atoms with Crippen molar-refractivity contribution >= 4 is 12.1 Å². The van der Waals surface area contributed by atoms with E-state index in [-0.39, 0.29) is 13.0 Å². The van der Waals surface area contributed by atoms with E-state index >= 15 is 0 Å². The summed E-state index contributed by atoms with van der Waals surface area (Å²) in [5.41, 5.74) is -1.43. The first kappa shape index (κ1) is 17.7. The van der Waals surface area contributed by atoms with E-state index in [0.29, 0.717) is 0 Å². The summed E-state index contributed by atoms with van der Waals surface area (Å²) in [6.07, 6.45) is -0.730. The van der Waals surface area contributed by atoms with Gasteiger partial charge in [0.05, 0.1) is 0 Å². The minimum atomic E-state index is -1.16. The quantitative estimate of drug-likeness (QED) is 0.817. The lowest BCUT2D eigenvalue weighted by atomic mass is 10.0. The topological polar surface area (TPSA) is 87.1 Å². The largest absolute Gasteiger partial charge is 0.480 e. The average molecular weight is 275 g/mol. The van der Waals surface area contributed by atoms with Gasteiger partial charge in [0.25, 0.3) is 0 Å². The van der Waals surface area contributed by atoms with E-state index in [1.165, 1.54) is 0 Å². The highest BCUT2D eigenvalue weighted by atomic mass is 16.6. The Hall–Kier alpha value is -1.30. The van der Waals surface area contributed by atoms with Gasteiger partial charge in [0.15, 0.2) is 0 Å². The Kier molecular flexibility index (Phi) is 5.81. The summed E-state index contributed by atoms with van der Waals surface area (Å²) in [7, 11) is 0. The van der Waals surface area contributed by atoms with Gasteiger partial charge in [0.1, 0.15) is 11.6 Å². The molecule has 0 aromatic rings. The molecule has 0 fully saturated rings. The average Bonchev–Trinajstić information content (AvgIpc) is 2.11. The molecule has 2 N–H and O–H groups in total. The second kappa shape index (κ2) is 6.23. The smallest absolute Gasteiger partial charge is 0.411 e. The number of hydrogen-bond donors (Lipinski definition) is 2. The van der Waals surface area contributed by atoms with Gasteiger partial charge in [0, 0.05) is 18.6 Å². The Morgan fingerprint density at radius 1 is 1.16 bits per heavy atom. The molecular weight excluding hydrogens is 250 g/mol. The molecule has 0 heterocycles. The minimum Gasteiger partial charge on any atom is -0.480 e. The zero-order valence-electron chi connectivity index (χ0n) is 12.6. The first-order chi connectivity index (χ1) is 8.40. The van der Waals surface area contributed by atoms with Crippen molar-refractivity contribution in [3.63, 3.8) is 0 Å². The molecule has 0 aromatic heterocycles. The number of aliphatic carboxylic acids is 1. The maximum absolute atomic E-state index is 12.2. The Bertz CT molecular complexity index is 327. The summed E-state index contributed by atoms with van der Waals surface area (Å²) in [4.78, 5) is 24.6. The number of aliphatic hydroxyl groups excluding tert-OH is 1. The molecule has 112 valence electrons. The zero-order valence-corrected chi connectivity index (χ0v) is 12.6. The molecule has 0 bridgehead atoms. The van der Waals surface area contributed by atoms with E-state index < -0.39 is 29.2 Å². The Morgan fingerprint density at radius 3 is 1.89 bits per heavy atom. The molecule has 19 heavy (non-hydrogen) atoms. The highest BCUT2D eigenvalue weighted by Gasteiger charge is 2.39. The van der Waals surface area contributed by atoms with Gasteiger partial charge in [-0.1, -0.05) is 0 Å². The van der Waals surface area contributed by atoms with Crippen molar-refractivity contribution in [2.24, 2.45) is 0 Å². The Balaban J connectivity index is 5.32. The first-order valence-electron chi connectivity index (χ1n) is 6.26. The van der Waals surface area contributed by atoms with Crippen LogP contribution in [-0.2, 0) is 9.53 Å². The maximum atomic E-state index is 12.2. The number of rotatable bonds is 4. The molecule has 0 spiro atoms. The van der Waals surface area contributed by atoms with Crippen molar-refractivity contribution in [1.82, 2.24) is 4.90 Å². The molecule has 6 nitrogen and oxygen atoms in total. The summed E-state index contributed by atoms with van der Waals surface area (Å²) in [5, 5.41) is 18.2. The van der Waals surface area contributed by atoms with Crippen LogP contribution in [0.2, 0.25) is 0 Å². The number of carboxylic acids is 1. The summed E-state index contributed by atoms with van der Waals surface area (Å²) in [6.45, 7) is 10.0. The molecule has 0 saturated heterocycles. The van der Waals surface area contributed by atoms with Crippen LogP contribution in [0.3, 0.4) is 0 Å². The highest BCUT2D eigenvalue weighted by molar-refractivity contribution is 5.80. The Morgan fingerprint density at radius 2 is 1.63 bits per heavy atom. The number of hydrogen-bond acceptors (Lipinski definition) is 4. The van der Waals surface area contributed by atoms with Crippen LogP contribution in [0.5, 0.6) is 0 Å². The molecule has 0 rings (SSSR count). The van der Waals surface area contributed by atoms with Crippen molar-refractivity contribution in [3.05, 3.63) is 0 Å². The number of ether oxygens (including phenoxy) is 1. The van der Waals surface area contributed by atoms with Crippen molar-refractivity contribution in [2.75, 3.05) is 6.61 Å². The van der Waals surface area contributed by atoms with Gasteiger partial charge in [-0.3, -0.25) is 4.90 Å². The molecular formula is C13H25NO5. The SMILES string of the molecule is CC(C)(C)OC(=O)N([C@H](CCO)C(=O)O)C(C)(C)C. The number of aliphatic hydroxyl groups is 1. The second-order valence-corrected chi connectivity index (χ2v) is 6.39. The lowest BCUT2D eigenvalue weighted by Gasteiger charge is -2.40. The summed E-state index contributed by atoms with van der Waals surface area (Å²) in [5.74, 6) is -1.16. The minimum absolute atomic E-state index is 0.0359. The third kappa shape index (κ3) is 5.92. The molecule has 0 aliphatic heterocycles. The number of amides is 1. The van der Waals surface area contributed by atoms with Gasteiger partial charge in [-0.05, 0) is 41.5 Å². The molecule has 0 unspecified atom stereocenters. The molecule has 0 aromatic carbocycles. The van der Waals surface area contributed by atoms with Crippen LogP contribution in [0.25, 0.3) is 0 Å². The van der Waals surface area contributed by atoms with Gasteiger partial charge in [-0.2, -0.15) is 0 Å². The van der Waals surface area contributed by atoms with Crippen LogP contribution in [0.1, 0.15) is 48.0 Å². The Labute approximate surface area is 114 Å². The van der Waals surface area contributed by atoms with Crippen LogP contribution in [0.15, 0.2) is 0 Å². The number of nitrogens with zero attached hydrogens (tertiary/aromatic N) is 1. The van der Waals surface area contributed by atoms with E-state index in [9.17, 15) is 14.7 Å². The second-order valence-electron chi connectivity index (χ2n) is 6.39. The zero-order chi connectivity index (χ0) is 15.4. The number of carbonyl (C=O) groups is 2. The normalized spacial score (nSPS) is 13.8. The molecule has 0 radical (unpaired) electrons. The van der Waals surface area contributed by atoms with Crippen LogP contribution >= 0.6 is 0 Å². The molecule has 1 atom stereocenters. The summed E-state index contributed by atoms with van der Waals surface area (Å²) < 4.78 is 5.25. The molecule has 0 aliphatic carbocycles. The van der Waals surface area contributed by atoms with E-state index in [1.807, 2.05) is 0 Å². The van der Waals surface area contributed by atoms with Gasteiger partial charge >= 0.3 is 12.1 Å². The monoisotopic (exact) mass is 275 g/mol. The van der Waals surface area contributed by atoms with E-state index in [4.69, 9.17) is 9.84 Å². The standard InChI is InChI=1S/C13H25NO5/c1-12(2,3)14(9(7-8-15)10(16)17)11(18)19-13(4,5)6/h9,15H,7-8H2,1-6H3,(H,16,17)/t9-/m1/s1. The van der Waals surface area contributed by atoms with Crippen LogP contribution < -0.4 is 0 Å². The number of carbonyl (C=O) groups excluding carboxylic acids is 1. The van der Waals surface area contributed by atoms with Crippen molar-refractivity contribution in [3.8, 4) is 0 Å². The van der Waals surface area contributed by atoms with E-state index in [1.54, 1.807) is 41.5 Å². The predicted octanol–water partition coefficient (Wildman–Crippen LogP) is 1.86. The summed E-state index contributed by atoms with van der Waals surface area (Å²) in [6, 6.07) is -1.11. The fourth-order valence-electron chi connectivity index (χ4n) is 1.67. The van der Waals surface area contributed by atoms with Gasteiger partial charge in [-0.25, -0.2) is 9.59 Å². The molecule has 1 amide bonds. The van der Waals surface area contributed by atoms with Gasteiger partial charge in [-0.15, -0.1) is 0 Å². The maximum Gasteiger partial charge on any atom is 0.411 e. The van der Waals surface area contributed by atoms with Crippen LogP contribution in [-0.4, -0.2) is 51.0 Å². The van der Waals surface area contributed by atoms with Gasteiger partial charge < -0.3 is 14.9 Å². The summed E-state index contributed by atoms with van der Waals surface area (Å²) >= 11 is 0. The van der Waals surface area contributed by atoms with Crippen molar-refractivity contribution in [2.45, 2.75) is 65.1 Å². The van der Waals surface area contributed by atoms with Crippen molar-refractivity contribution < 1.29 is 24.5 Å². The number of carboxylic acid groups (broad SMARTS) is 1. The third-order valence-corrected chi connectivity index (χ3v) is 2.31. The molecule has 0 aliphatic rings. The third-order valence-electron chi connectivity index (χ3n) is 2.31. The predicted molar refractivity (Wildman–Crippen MR) is 71.0 cm³/mol. The van der Waals surface area contributed by atoms with Crippen LogP contribution in [0, 0.1) is 0 Å². The molecule has 6 heteroatoms.